The third-order valence-electron chi connectivity index (χ3n) is 4.89. The highest BCUT2D eigenvalue weighted by molar-refractivity contribution is 6.11. The topological polar surface area (TPSA) is 60.9 Å². The SMILES string of the molecule is C=CCN(CC=C)C(=O)C1(C(=O)N2CCCC2)CCCCN1C=O. The van der Waals surface area contributed by atoms with Gasteiger partial charge >= 0.3 is 0 Å². The third kappa shape index (κ3) is 3.23. The normalized spacial score (nSPS) is 23.7. The summed E-state index contributed by atoms with van der Waals surface area (Å²) >= 11 is 0. The minimum absolute atomic E-state index is 0.227. The van der Waals surface area contributed by atoms with Gasteiger partial charge in [0, 0.05) is 32.7 Å². The van der Waals surface area contributed by atoms with E-state index in [-0.39, 0.29) is 11.8 Å². The van der Waals surface area contributed by atoms with E-state index in [1.54, 1.807) is 22.0 Å². The standard InChI is InChI=1S/C18H27N3O3/c1-3-10-19(11-4-2)16(23)18(9-5-6-14-21(18)15-22)17(24)20-12-7-8-13-20/h3-4,15H,1-2,5-14H2. The molecule has 132 valence electrons. The van der Waals surface area contributed by atoms with Crippen molar-refractivity contribution in [3.63, 3.8) is 0 Å². The highest BCUT2D eigenvalue weighted by Gasteiger charge is 2.55. The van der Waals surface area contributed by atoms with Gasteiger partial charge in [0.15, 0.2) is 0 Å². The van der Waals surface area contributed by atoms with Gasteiger partial charge in [-0.05, 0) is 32.1 Å². The maximum absolute atomic E-state index is 13.3. The molecule has 6 heteroatoms. The Morgan fingerprint density at radius 1 is 1.00 bits per heavy atom. The lowest BCUT2D eigenvalue weighted by Gasteiger charge is -2.46. The number of carbonyl (C=O) groups excluding carboxylic acids is 3. The van der Waals surface area contributed by atoms with E-state index in [9.17, 15) is 14.4 Å². The molecular weight excluding hydrogens is 306 g/mol. The molecule has 0 aromatic rings. The maximum atomic E-state index is 13.3. The molecule has 1 unspecified atom stereocenters. The Balaban J connectivity index is 2.42. The molecule has 0 radical (unpaired) electrons. The van der Waals surface area contributed by atoms with Gasteiger partial charge in [0.2, 0.25) is 11.9 Å². The van der Waals surface area contributed by atoms with Crippen LogP contribution in [0.1, 0.15) is 32.1 Å². The molecule has 1 atom stereocenters. The third-order valence-corrected chi connectivity index (χ3v) is 4.89. The summed E-state index contributed by atoms with van der Waals surface area (Å²) in [6, 6.07) is 0. The van der Waals surface area contributed by atoms with E-state index in [1.807, 2.05) is 0 Å². The lowest BCUT2D eigenvalue weighted by Crippen LogP contribution is -2.68. The van der Waals surface area contributed by atoms with Gasteiger partial charge < -0.3 is 14.7 Å². The fraction of sp³-hybridized carbons (Fsp3) is 0.611. The number of hydrogen-bond acceptors (Lipinski definition) is 3. The highest BCUT2D eigenvalue weighted by Crippen LogP contribution is 2.32. The van der Waals surface area contributed by atoms with Gasteiger partial charge in [-0.3, -0.25) is 14.4 Å². The van der Waals surface area contributed by atoms with Gasteiger partial charge in [-0.15, -0.1) is 13.2 Å². The number of rotatable bonds is 7. The highest BCUT2D eigenvalue weighted by atomic mass is 16.2. The Kier molecular flexibility index (Phi) is 6.17. The van der Waals surface area contributed by atoms with E-state index in [0.29, 0.717) is 45.6 Å². The number of amides is 3. The molecule has 0 spiro atoms. The van der Waals surface area contributed by atoms with Crippen LogP contribution in [0.3, 0.4) is 0 Å². The number of carbonyl (C=O) groups is 3. The summed E-state index contributed by atoms with van der Waals surface area (Å²) in [6.07, 6.45) is 7.75. The molecule has 2 rings (SSSR count). The lowest BCUT2D eigenvalue weighted by molar-refractivity contribution is -0.164. The summed E-state index contributed by atoms with van der Waals surface area (Å²) in [5, 5.41) is 0. The zero-order chi connectivity index (χ0) is 17.6. The molecule has 3 amide bonds. The molecule has 2 aliphatic rings. The molecule has 0 bridgehead atoms. The first-order valence-corrected chi connectivity index (χ1v) is 8.64. The summed E-state index contributed by atoms with van der Waals surface area (Å²) < 4.78 is 0. The molecule has 0 saturated carbocycles. The van der Waals surface area contributed by atoms with Crippen LogP contribution in [0, 0.1) is 0 Å². The van der Waals surface area contributed by atoms with Crippen LogP contribution in [0.25, 0.3) is 0 Å². The van der Waals surface area contributed by atoms with E-state index in [2.05, 4.69) is 13.2 Å². The molecule has 2 fully saturated rings. The number of piperidine rings is 1. The zero-order valence-corrected chi connectivity index (χ0v) is 14.3. The number of hydrogen-bond donors (Lipinski definition) is 0. The van der Waals surface area contributed by atoms with Crippen LogP contribution in [0.5, 0.6) is 0 Å². The monoisotopic (exact) mass is 333 g/mol. The summed E-state index contributed by atoms with van der Waals surface area (Å²) in [4.78, 5) is 43.0. The molecule has 6 nitrogen and oxygen atoms in total. The second-order valence-corrected chi connectivity index (χ2v) is 6.40. The van der Waals surface area contributed by atoms with Gasteiger partial charge in [0.1, 0.15) is 0 Å². The van der Waals surface area contributed by atoms with E-state index < -0.39 is 5.54 Å². The molecule has 2 aliphatic heterocycles. The molecule has 0 N–H and O–H groups in total. The summed E-state index contributed by atoms with van der Waals surface area (Å²) in [7, 11) is 0. The van der Waals surface area contributed by atoms with Gasteiger partial charge in [-0.1, -0.05) is 12.2 Å². The van der Waals surface area contributed by atoms with E-state index in [4.69, 9.17) is 0 Å². The molecule has 2 heterocycles. The van der Waals surface area contributed by atoms with Crippen molar-refractivity contribution in [2.75, 3.05) is 32.7 Å². The van der Waals surface area contributed by atoms with Crippen LogP contribution in [0.15, 0.2) is 25.3 Å². The molecule has 2 saturated heterocycles. The van der Waals surface area contributed by atoms with Crippen molar-refractivity contribution < 1.29 is 14.4 Å². The van der Waals surface area contributed by atoms with Crippen molar-refractivity contribution in [3.05, 3.63) is 25.3 Å². The Morgan fingerprint density at radius 2 is 1.58 bits per heavy atom. The van der Waals surface area contributed by atoms with Crippen molar-refractivity contribution in [2.45, 2.75) is 37.6 Å². The summed E-state index contributed by atoms with van der Waals surface area (Å²) in [5.74, 6) is -0.541. The molecular formula is C18H27N3O3. The van der Waals surface area contributed by atoms with Crippen molar-refractivity contribution in [3.8, 4) is 0 Å². The van der Waals surface area contributed by atoms with Gasteiger partial charge in [0.05, 0.1) is 0 Å². The predicted octanol–water partition coefficient (Wildman–Crippen LogP) is 1.19. The van der Waals surface area contributed by atoms with Gasteiger partial charge in [0.25, 0.3) is 11.8 Å². The van der Waals surface area contributed by atoms with Crippen molar-refractivity contribution >= 4 is 18.2 Å². The minimum atomic E-state index is -1.41. The number of likely N-dealkylation sites (tertiary alicyclic amines) is 2. The van der Waals surface area contributed by atoms with Crippen molar-refractivity contribution in [2.24, 2.45) is 0 Å². The Labute approximate surface area is 143 Å². The van der Waals surface area contributed by atoms with Gasteiger partial charge in [-0.2, -0.15) is 0 Å². The van der Waals surface area contributed by atoms with E-state index >= 15 is 0 Å². The van der Waals surface area contributed by atoms with E-state index in [1.165, 1.54) is 4.90 Å². The fourth-order valence-corrected chi connectivity index (χ4v) is 3.69. The first-order valence-electron chi connectivity index (χ1n) is 8.64. The van der Waals surface area contributed by atoms with Gasteiger partial charge in [-0.25, -0.2) is 0 Å². The lowest BCUT2D eigenvalue weighted by atomic mass is 9.83. The Hall–Kier alpha value is -2.11. The van der Waals surface area contributed by atoms with Crippen LogP contribution in [0.4, 0.5) is 0 Å². The maximum Gasteiger partial charge on any atom is 0.258 e. The largest absolute Gasteiger partial charge is 0.340 e. The predicted molar refractivity (Wildman–Crippen MR) is 92.1 cm³/mol. The van der Waals surface area contributed by atoms with Crippen LogP contribution in [-0.4, -0.2) is 71.2 Å². The summed E-state index contributed by atoms with van der Waals surface area (Å²) in [5.41, 5.74) is -1.41. The smallest absolute Gasteiger partial charge is 0.258 e. The van der Waals surface area contributed by atoms with Crippen LogP contribution < -0.4 is 0 Å². The Morgan fingerprint density at radius 3 is 2.12 bits per heavy atom. The average Bonchev–Trinajstić information content (AvgIpc) is 3.14. The number of nitrogens with zero attached hydrogens (tertiary/aromatic N) is 3. The first kappa shape index (κ1) is 18.2. The van der Waals surface area contributed by atoms with E-state index in [0.717, 1.165) is 25.7 Å². The van der Waals surface area contributed by atoms with Crippen LogP contribution in [-0.2, 0) is 14.4 Å². The molecule has 0 aromatic carbocycles. The molecule has 24 heavy (non-hydrogen) atoms. The quantitative estimate of drug-likeness (QED) is 0.399. The average molecular weight is 333 g/mol. The molecule has 0 aliphatic carbocycles. The molecule has 0 aromatic heterocycles. The summed E-state index contributed by atoms with van der Waals surface area (Å²) in [6.45, 7) is 9.78. The zero-order valence-electron chi connectivity index (χ0n) is 14.3. The second-order valence-electron chi connectivity index (χ2n) is 6.40. The first-order chi connectivity index (χ1) is 11.6. The van der Waals surface area contributed by atoms with Crippen molar-refractivity contribution in [1.82, 2.24) is 14.7 Å². The van der Waals surface area contributed by atoms with Crippen LogP contribution >= 0.6 is 0 Å². The second kappa shape index (κ2) is 8.13. The Bertz CT molecular complexity index is 504. The fourth-order valence-electron chi connectivity index (χ4n) is 3.69. The minimum Gasteiger partial charge on any atom is -0.340 e. The van der Waals surface area contributed by atoms with Crippen molar-refractivity contribution in [1.29, 1.82) is 0 Å². The van der Waals surface area contributed by atoms with Crippen LogP contribution in [0.2, 0.25) is 0 Å².